The molecule has 0 bridgehead atoms. The fourth-order valence-corrected chi connectivity index (χ4v) is 2.03. The van der Waals surface area contributed by atoms with E-state index in [0.717, 1.165) is 29.0 Å². The first-order chi connectivity index (χ1) is 9.13. The lowest BCUT2D eigenvalue weighted by molar-refractivity contribution is 0.456. The summed E-state index contributed by atoms with van der Waals surface area (Å²) in [5.41, 5.74) is 4.38. The van der Waals surface area contributed by atoms with Crippen molar-refractivity contribution in [3.05, 3.63) is 52.7 Å². The van der Waals surface area contributed by atoms with Crippen LogP contribution in [0.2, 0.25) is 0 Å². The Morgan fingerprint density at radius 1 is 1.21 bits per heavy atom. The normalized spacial score (nSPS) is 10.5. The molecule has 100 valence electrons. The molecule has 3 heteroatoms. The summed E-state index contributed by atoms with van der Waals surface area (Å²) in [5.74, 6) is 1.93. The zero-order chi connectivity index (χ0) is 13.8. The summed E-state index contributed by atoms with van der Waals surface area (Å²) in [5, 5.41) is 0. The van der Waals surface area contributed by atoms with Gasteiger partial charge in [-0.05, 0) is 49.1 Å². The van der Waals surface area contributed by atoms with Crippen LogP contribution in [0.1, 0.15) is 29.3 Å². The summed E-state index contributed by atoms with van der Waals surface area (Å²) >= 11 is 5.90. The minimum Gasteiger partial charge on any atom is -0.439 e. The van der Waals surface area contributed by atoms with E-state index in [0.29, 0.717) is 11.8 Å². The smallest absolute Gasteiger partial charge is 0.219 e. The average Bonchev–Trinajstić information content (AvgIpc) is 2.43. The Bertz CT molecular complexity index is 559. The van der Waals surface area contributed by atoms with Crippen LogP contribution in [-0.4, -0.2) is 4.98 Å². The van der Waals surface area contributed by atoms with Gasteiger partial charge in [-0.1, -0.05) is 19.1 Å². The Morgan fingerprint density at radius 3 is 2.68 bits per heavy atom. The van der Waals surface area contributed by atoms with E-state index in [-0.39, 0.29) is 0 Å². The maximum Gasteiger partial charge on any atom is 0.219 e. The van der Waals surface area contributed by atoms with Gasteiger partial charge < -0.3 is 4.74 Å². The molecule has 0 saturated heterocycles. The monoisotopic (exact) mass is 275 g/mol. The zero-order valence-electron chi connectivity index (χ0n) is 11.5. The second kappa shape index (κ2) is 6.07. The number of aryl methyl sites for hydroxylation is 2. The molecule has 1 heterocycles. The lowest BCUT2D eigenvalue weighted by atomic mass is 10.1. The van der Waals surface area contributed by atoms with Gasteiger partial charge in [0.15, 0.2) is 0 Å². The Morgan fingerprint density at radius 2 is 2.00 bits per heavy atom. The van der Waals surface area contributed by atoms with Gasteiger partial charge in [0.2, 0.25) is 5.88 Å². The molecule has 19 heavy (non-hydrogen) atoms. The maximum absolute atomic E-state index is 5.91. The molecule has 0 spiro atoms. The molecule has 1 aromatic carbocycles. The molecule has 1 aromatic heterocycles. The highest BCUT2D eigenvalue weighted by Crippen LogP contribution is 2.26. The van der Waals surface area contributed by atoms with Crippen molar-refractivity contribution < 1.29 is 4.74 Å². The van der Waals surface area contributed by atoms with E-state index >= 15 is 0 Å². The Kier molecular flexibility index (Phi) is 4.43. The average molecular weight is 276 g/mol. The molecule has 2 rings (SSSR count). The van der Waals surface area contributed by atoms with E-state index in [1.165, 1.54) is 5.56 Å². The van der Waals surface area contributed by atoms with Crippen LogP contribution < -0.4 is 4.74 Å². The summed E-state index contributed by atoms with van der Waals surface area (Å²) < 4.78 is 5.91. The fraction of sp³-hybridized carbons (Fsp3) is 0.312. The molecule has 0 aliphatic rings. The van der Waals surface area contributed by atoms with Crippen molar-refractivity contribution >= 4 is 11.6 Å². The van der Waals surface area contributed by atoms with Crippen LogP contribution in [0, 0.1) is 13.8 Å². The lowest BCUT2D eigenvalue weighted by Gasteiger charge is -2.11. The van der Waals surface area contributed by atoms with Gasteiger partial charge in [-0.15, -0.1) is 11.6 Å². The fourth-order valence-electron chi connectivity index (χ4n) is 1.88. The summed E-state index contributed by atoms with van der Waals surface area (Å²) in [6.07, 6.45) is 0.869. The third kappa shape index (κ3) is 3.27. The molecule has 0 unspecified atom stereocenters. The Balaban J connectivity index is 2.34. The van der Waals surface area contributed by atoms with E-state index in [4.69, 9.17) is 16.3 Å². The van der Waals surface area contributed by atoms with Crippen LogP contribution in [0.4, 0.5) is 0 Å². The minimum absolute atomic E-state index is 0.471. The van der Waals surface area contributed by atoms with Crippen LogP contribution >= 0.6 is 11.6 Å². The number of benzene rings is 1. The second-order valence-corrected chi connectivity index (χ2v) is 4.86. The third-order valence-electron chi connectivity index (χ3n) is 3.20. The predicted molar refractivity (Wildman–Crippen MR) is 79.2 cm³/mol. The lowest BCUT2D eigenvalue weighted by Crippen LogP contribution is -1.96. The number of hydrogen-bond donors (Lipinski definition) is 0. The number of rotatable bonds is 4. The third-order valence-corrected chi connectivity index (χ3v) is 3.51. The standard InChI is InChI=1S/C16H18ClNO/c1-4-14-8-13(10-17)9-16(18-14)19-15-7-5-6-11(2)12(15)3/h5-9H,4,10H2,1-3H3. The van der Waals surface area contributed by atoms with Gasteiger partial charge >= 0.3 is 0 Å². The number of nitrogens with zero attached hydrogens (tertiary/aromatic N) is 1. The molecule has 0 N–H and O–H groups in total. The number of alkyl halides is 1. The van der Waals surface area contributed by atoms with Crippen LogP contribution in [0.3, 0.4) is 0 Å². The van der Waals surface area contributed by atoms with E-state index in [2.05, 4.69) is 31.8 Å². The molecule has 0 amide bonds. The second-order valence-electron chi connectivity index (χ2n) is 4.59. The number of halogens is 1. The van der Waals surface area contributed by atoms with Crippen molar-refractivity contribution in [2.75, 3.05) is 0 Å². The molecule has 2 nitrogen and oxygen atoms in total. The largest absolute Gasteiger partial charge is 0.439 e. The summed E-state index contributed by atoms with van der Waals surface area (Å²) in [6.45, 7) is 6.20. The van der Waals surface area contributed by atoms with E-state index < -0.39 is 0 Å². The molecule has 0 saturated carbocycles. The van der Waals surface area contributed by atoms with Gasteiger partial charge in [-0.3, -0.25) is 0 Å². The minimum atomic E-state index is 0.471. The van der Waals surface area contributed by atoms with Gasteiger partial charge in [-0.25, -0.2) is 4.98 Å². The van der Waals surface area contributed by atoms with E-state index in [1.807, 2.05) is 24.3 Å². The quantitative estimate of drug-likeness (QED) is 0.748. The molecule has 0 fully saturated rings. The predicted octanol–water partition coefficient (Wildman–Crippen LogP) is 4.79. The summed E-state index contributed by atoms with van der Waals surface area (Å²) in [4.78, 5) is 4.49. The number of aromatic nitrogens is 1. The topological polar surface area (TPSA) is 22.1 Å². The Labute approximate surface area is 119 Å². The maximum atomic E-state index is 5.91. The van der Waals surface area contributed by atoms with Crippen molar-refractivity contribution in [1.29, 1.82) is 0 Å². The van der Waals surface area contributed by atoms with Crippen molar-refractivity contribution in [2.24, 2.45) is 0 Å². The van der Waals surface area contributed by atoms with Crippen LogP contribution in [0.15, 0.2) is 30.3 Å². The van der Waals surface area contributed by atoms with Gasteiger partial charge in [0, 0.05) is 17.6 Å². The van der Waals surface area contributed by atoms with Gasteiger partial charge in [0.25, 0.3) is 0 Å². The van der Waals surface area contributed by atoms with E-state index in [1.54, 1.807) is 0 Å². The van der Waals surface area contributed by atoms with Crippen LogP contribution in [0.25, 0.3) is 0 Å². The Hall–Kier alpha value is -1.54. The van der Waals surface area contributed by atoms with Gasteiger partial charge in [-0.2, -0.15) is 0 Å². The number of pyridine rings is 1. The summed E-state index contributed by atoms with van der Waals surface area (Å²) in [6, 6.07) is 9.94. The van der Waals surface area contributed by atoms with Crippen molar-refractivity contribution in [3.8, 4) is 11.6 Å². The van der Waals surface area contributed by atoms with Crippen molar-refractivity contribution in [2.45, 2.75) is 33.1 Å². The molecule has 0 aliphatic heterocycles. The van der Waals surface area contributed by atoms with Gasteiger partial charge in [0.1, 0.15) is 5.75 Å². The van der Waals surface area contributed by atoms with Crippen LogP contribution in [0.5, 0.6) is 11.6 Å². The molecular formula is C16H18ClNO. The zero-order valence-corrected chi connectivity index (χ0v) is 12.3. The highest BCUT2D eigenvalue weighted by molar-refractivity contribution is 6.17. The first-order valence-electron chi connectivity index (χ1n) is 6.44. The molecule has 0 atom stereocenters. The SMILES string of the molecule is CCc1cc(CCl)cc(Oc2cccc(C)c2C)n1. The number of hydrogen-bond acceptors (Lipinski definition) is 2. The highest BCUT2D eigenvalue weighted by Gasteiger charge is 2.07. The molecule has 2 aromatic rings. The molecule has 0 aliphatic carbocycles. The van der Waals surface area contributed by atoms with Gasteiger partial charge in [0.05, 0.1) is 0 Å². The molecular weight excluding hydrogens is 258 g/mol. The van der Waals surface area contributed by atoms with E-state index in [9.17, 15) is 0 Å². The summed E-state index contributed by atoms with van der Waals surface area (Å²) in [7, 11) is 0. The first-order valence-corrected chi connectivity index (χ1v) is 6.97. The number of ether oxygens (including phenoxy) is 1. The first kappa shape index (κ1) is 13.9. The van der Waals surface area contributed by atoms with Crippen LogP contribution in [-0.2, 0) is 12.3 Å². The molecule has 0 radical (unpaired) electrons. The van der Waals surface area contributed by atoms with Crippen molar-refractivity contribution in [3.63, 3.8) is 0 Å². The highest BCUT2D eigenvalue weighted by atomic mass is 35.5. The van der Waals surface area contributed by atoms with Crippen molar-refractivity contribution in [1.82, 2.24) is 4.98 Å².